The molecule has 1 aromatic carbocycles. The fourth-order valence-electron chi connectivity index (χ4n) is 5.50. The molecule has 0 radical (unpaired) electrons. The van der Waals surface area contributed by atoms with Crippen LogP contribution in [0, 0.1) is 23.2 Å². The second kappa shape index (κ2) is 5.24. The number of hydrogen-bond donors (Lipinski definition) is 1. The first-order chi connectivity index (χ1) is 10.3. The first-order valence-electron chi connectivity index (χ1n) is 8.46. The second-order valence-electron chi connectivity index (χ2n) is 7.67. The summed E-state index contributed by atoms with van der Waals surface area (Å²) in [5.41, 5.74) is 1.48. The highest BCUT2D eigenvalue weighted by Crippen LogP contribution is 2.59. The van der Waals surface area contributed by atoms with Crippen molar-refractivity contribution in [3.05, 3.63) is 35.9 Å². The lowest BCUT2D eigenvalue weighted by molar-refractivity contribution is -0.00985. The Kier molecular flexibility index (Phi) is 3.37. The van der Waals surface area contributed by atoms with Crippen molar-refractivity contribution in [2.24, 2.45) is 28.2 Å². The van der Waals surface area contributed by atoms with E-state index in [-0.39, 0.29) is 12.6 Å². The zero-order chi connectivity index (χ0) is 14.3. The SMILES string of the molecule is OCC(N=CC12CC3CC(CC(C3)C1)C2)c1ccccc1. The van der Waals surface area contributed by atoms with Crippen molar-refractivity contribution < 1.29 is 5.11 Å². The van der Waals surface area contributed by atoms with Gasteiger partial charge in [-0.1, -0.05) is 30.3 Å². The van der Waals surface area contributed by atoms with Crippen LogP contribution in [0.15, 0.2) is 35.3 Å². The van der Waals surface area contributed by atoms with Crippen LogP contribution in [-0.2, 0) is 0 Å². The summed E-state index contributed by atoms with van der Waals surface area (Å²) in [6, 6.07) is 10.1. The summed E-state index contributed by atoms with van der Waals surface area (Å²) in [6.45, 7) is 0.104. The molecular formula is C19H25NO. The lowest BCUT2D eigenvalue weighted by Gasteiger charge is -2.55. The Labute approximate surface area is 127 Å². The third-order valence-corrected chi connectivity index (χ3v) is 5.97. The molecule has 4 saturated carbocycles. The molecule has 0 amide bonds. The Balaban J connectivity index is 1.54. The molecular weight excluding hydrogens is 258 g/mol. The normalized spacial score (nSPS) is 39.0. The molecule has 4 aliphatic carbocycles. The maximum Gasteiger partial charge on any atom is 0.0976 e. The molecule has 4 aliphatic rings. The minimum atomic E-state index is -0.0841. The second-order valence-corrected chi connectivity index (χ2v) is 7.67. The fourth-order valence-corrected chi connectivity index (χ4v) is 5.50. The molecule has 0 aliphatic heterocycles. The Morgan fingerprint density at radius 1 is 1.05 bits per heavy atom. The van der Waals surface area contributed by atoms with Gasteiger partial charge < -0.3 is 5.11 Å². The topological polar surface area (TPSA) is 32.6 Å². The molecule has 21 heavy (non-hydrogen) atoms. The van der Waals surface area contributed by atoms with Gasteiger partial charge in [0.15, 0.2) is 0 Å². The highest BCUT2D eigenvalue weighted by molar-refractivity contribution is 5.67. The fraction of sp³-hybridized carbons (Fsp3) is 0.632. The summed E-state index contributed by atoms with van der Waals surface area (Å²) in [5.74, 6) is 2.85. The number of aliphatic hydroxyl groups is 1. The maximum absolute atomic E-state index is 9.68. The standard InChI is InChI=1S/C19H25NO/c21-12-18(17-4-2-1-3-5-17)20-13-19-9-14-6-15(10-19)8-16(7-14)11-19/h1-5,13-16,18,21H,6-12H2. The van der Waals surface area contributed by atoms with Crippen molar-refractivity contribution in [2.75, 3.05) is 6.61 Å². The number of benzene rings is 1. The van der Waals surface area contributed by atoms with Gasteiger partial charge in [-0.05, 0) is 61.8 Å². The summed E-state index contributed by atoms with van der Waals surface area (Å²) >= 11 is 0. The number of nitrogens with zero attached hydrogens (tertiary/aromatic N) is 1. The molecule has 1 unspecified atom stereocenters. The molecule has 0 spiro atoms. The predicted octanol–water partition coefficient (Wildman–Crippen LogP) is 4.01. The molecule has 4 bridgehead atoms. The Morgan fingerprint density at radius 3 is 2.14 bits per heavy atom. The van der Waals surface area contributed by atoms with Gasteiger partial charge in [0.05, 0.1) is 12.6 Å². The van der Waals surface area contributed by atoms with Crippen LogP contribution in [0.1, 0.15) is 50.1 Å². The molecule has 112 valence electrons. The van der Waals surface area contributed by atoms with Gasteiger partial charge in [0.1, 0.15) is 0 Å². The number of aliphatic hydroxyl groups excluding tert-OH is 1. The summed E-state index contributed by atoms with van der Waals surface area (Å²) in [6.07, 6.45) is 10.7. The minimum absolute atomic E-state index is 0.0841. The van der Waals surface area contributed by atoms with Crippen molar-refractivity contribution in [2.45, 2.75) is 44.6 Å². The van der Waals surface area contributed by atoms with E-state index >= 15 is 0 Å². The van der Waals surface area contributed by atoms with E-state index in [1.165, 1.54) is 38.5 Å². The highest BCUT2D eigenvalue weighted by Gasteiger charge is 2.50. The number of rotatable bonds is 4. The molecule has 1 atom stereocenters. The van der Waals surface area contributed by atoms with Gasteiger partial charge in [-0.25, -0.2) is 0 Å². The molecule has 0 aromatic heterocycles. The molecule has 5 rings (SSSR count). The van der Waals surface area contributed by atoms with Crippen molar-refractivity contribution in [3.8, 4) is 0 Å². The van der Waals surface area contributed by atoms with Gasteiger partial charge in [0.2, 0.25) is 0 Å². The Morgan fingerprint density at radius 2 is 1.62 bits per heavy atom. The summed E-state index contributed by atoms with van der Waals surface area (Å²) < 4.78 is 0. The van der Waals surface area contributed by atoms with Crippen LogP contribution < -0.4 is 0 Å². The van der Waals surface area contributed by atoms with Crippen molar-refractivity contribution in [1.29, 1.82) is 0 Å². The van der Waals surface area contributed by atoms with Gasteiger partial charge in [-0.3, -0.25) is 4.99 Å². The minimum Gasteiger partial charge on any atom is -0.394 e. The van der Waals surface area contributed by atoms with Crippen LogP contribution in [0.3, 0.4) is 0 Å². The van der Waals surface area contributed by atoms with Crippen LogP contribution in [-0.4, -0.2) is 17.9 Å². The first kappa shape index (κ1) is 13.5. The van der Waals surface area contributed by atoms with Gasteiger partial charge in [-0.15, -0.1) is 0 Å². The van der Waals surface area contributed by atoms with E-state index in [0.29, 0.717) is 5.41 Å². The zero-order valence-corrected chi connectivity index (χ0v) is 12.6. The van der Waals surface area contributed by atoms with E-state index in [1.54, 1.807) is 0 Å². The van der Waals surface area contributed by atoms with E-state index in [2.05, 4.69) is 18.3 Å². The monoisotopic (exact) mass is 283 g/mol. The zero-order valence-electron chi connectivity index (χ0n) is 12.6. The van der Waals surface area contributed by atoms with Crippen LogP contribution in [0.25, 0.3) is 0 Å². The smallest absolute Gasteiger partial charge is 0.0976 e. The van der Waals surface area contributed by atoms with Crippen molar-refractivity contribution >= 4 is 6.21 Å². The van der Waals surface area contributed by atoms with Crippen LogP contribution in [0.4, 0.5) is 0 Å². The molecule has 1 N–H and O–H groups in total. The van der Waals surface area contributed by atoms with Crippen molar-refractivity contribution in [3.63, 3.8) is 0 Å². The largest absolute Gasteiger partial charge is 0.394 e. The van der Waals surface area contributed by atoms with Gasteiger partial charge in [0.25, 0.3) is 0 Å². The van der Waals surface area contributed by atoms with Crippen LogP contribution >= 0.6 is 0 Å². The summed E-state index contributed by atoms with van der Waals surface area (Å²) in [7, 11) is 0. The lowest BCUT2D eigenvalue weighted by Crippen LogP contribution is -2.46. The number of hydrogen-bond acceptors (Lipinski definition) is 2. The summed E-state index contributed by atoms with van der Waals surface area (Å²) in [4.78, 5) is 4.83. The molecule has 1 aromatic rings. The van der Waals surface area contributed by atoms with Crippen molar-refractivity contribution in [1.82, 2.24) is 0 Å². The van der Waals surface area contributed by atoms with Gasteiger partial charge in [-0.2, -0.15) is 0 Å². The quantitative estimate of drug-likeness (QED) is 0.832. The average molecular weight is 283 g/mol. The lowest BCUT2D eigenvalue weighted by atomic mass is 9.50. The van der Waals surface area contributed by atoms with Crippen LogP contribution in [0.2, 0.25) is 0 Å². The highest BCUT2D eigenvalue weighted by atomic mass is 16.3. The average Bonchev–Trinajstić information content (AvgIpc) is 2.47. The van der Waals surface area contributed by atoms with E-state index < -0.39 is 0 Å². The van der Waals surface area contributed by atoms with Gasteiger partial charge in [0, 0.05) is 11.6 Å². The summed E-state index contributed by atoms with van der Waals surface area (Å²) in [5, 5.41) is 9.68. The van der Waals surface area contributed by atoms with E-state index in [9.17, 15) is 5.11 Å². The van der Waals surface area contributed by atoms with E-state index in [0.717, 1.165) is 23.3 Å². The van der Waals surface area contributed by atoms with E-state index in [1.807, 2.05) is 18.2 Å². The number of aliphatic imine (C=N–C) groups is 1. The Hall–Kier alpha value is -1.15. The molecule has 2 nitrogen and oxygen atoms in total. The van der Waals surface area contributed by atoms with E-state index in [4.69, 9.17) is 4.99 Å². The first-order valence-corrected chi connectivity index (χ1v) is 8.46. The molecule has 0 saturated heterocycles. The third kappa shape index (κ3) is 2.55. The molecule has 4 fully saturated rings. The molecule has 2 heteroatoms. The molecule has 0 heterocycles. The third-order valence-electron chi connectivity index (χ3n) is 5.97. The predicted molar refractivity (Wildman–Crippen MR) is 85.4 cm³/mol. The van der Waals surface area contributed by atoms with Gasteiger partial charge >= 0.3 is 0 Å². The maximum atomic E-state index is 9.68. The Bertz CT molecular complexity index is 486. The van der Waals surface area contributed by atoms with Crippen LogP contribution in [0.5, 0.6) is 0 Å².